The van der Waals surface area contributed by atoms with Gasteiger partial charge in [-0.3, -0.25) is 0 Å². The Morgan fingerprint density at radius 1 is 0.286 bits per heavy atom. The van der Waals surface area contributed by atoms with Crippen molar-refractivity contribution in [1.29, 1.82) is 0 Å². The second-order valence-corrected chi connectivity index (χ2v) is 14.5. The number of rotatable bonds is 5. The molecule has 0 unspecified atom stereocenters. The minimum atomic E-state index is 0.632. The number of benzene rings is 8. The molecule has 56 heavy (non-hydrogen) atoms. The summed E-state index contributed by atoms with van der Waals surface area (Å²) in [6.45, 7) is 0. The van der Waals surface area contributed by atoms with Crippen LogP contribution in [0.15, 0.2) is 188 Å². The highest BCUT2D eigenvalue weighted by Crippen LogP contribution is 2.41. The van der Waals surface area contributed by atoms with Gasteiger partial charge < -0.3 is 8.97 Å². The zero-order valence-electron chi connectivity index (χ0n) is 30.1. The molecule has 260 valence electrons. The highest BCUT2D eigenvalue weighted by molar-refractivity contribution is 6.23. The first-order valence-electron chi connectivity index (χ1n) is 19.0. The molecule has 0 radical (unpaired) electrons. The van der Waals surface area contributed by atoms with Crippen LogP contribution in [0.25, 0.3) is 111 Å². The van der Waals surface area contributed by atoms with Crippen molar-refractivity contribution < 1.29 is 0 Å². The zero-order valence-corrected chi connectivity index (χ0v) is 30.1. The first kappa shape index (κ1) is 30.8. The molecule has 0 N–H and O–H groups in total. The van der Waals surface area contributed by atoms with Gasteiger partial charge in [-0.2, -0.15) is 0 Å². The molecule has 0 amide bonds. The van der Waals surface area contributed by atoms with Gasteiger partial charge in [0.05, 0.1) is 27.6 Å². The number of hydrogen-bond acceptors (Lipinski definition) is 3. The Labute approximate surface area is 321 Å². The van der Waals surface area contributed by atoms with Gasteiger partial charge in [0.25, 0.3) is 0 Å². The Bertz CT molecular complexity index is 3410. The van der Waals surface area contributed by atoms with Gasteiger partial charge in [0.1, 0.15) is 0 Å². The van der Waals surface area contributed by atoms with Crippen molar-refractivity contribution in [3.8, 4) is 51.0 Å². The van der Waals surface area contributed by atoms with Gasteiger partial charge in [0.2, 0.25) is 0 Å². The van der Waals surface area contributed by atoms with Crippen LogP contribution in [0.1, 0.15) is 0 Å². The predicted octanol–water partition coefficient (Wildman–Crippen LogP) is 12.8. The van der Waals surface area contributed by atoms with Crippen molar-refractivity contribution >= 4 is 59.9 Å². The molecule has 4 aromatic heterocycles. The molecule has 12 aromatic rings. The zero-order chi connectivity index (χ0) is 36.7. The minimum Gasteiger partial charge on any atom is -0.309 e. The third kappa shape index (κ3) is 4.58. The fourth-order valence-electron chi connectivity index (χ4n) is 8.76. The summed E-state index contributed by atoms with van der Waals surface area (Å²) in [7, 11) is 0. The van der Waals surface area contributed by atoms with Crippen LogP contribution in [-0.2, 0) is 0 Å². The second kappa shape index (κ2) is 11.9. The highest BCUT2D eigenvalue weighted by Gasteiger charge is 2.19. The Balaban J connectivity index is 1.03. The van der Waals surface area contributed by atoms with E-state index in [1.54, 1.807) is 0 Å². The summed E-state index contributed by atoms with van der Waals surface area (Å²) >= 11 is 0. The molecule has 0 bridgehead atoms. The average molecular weight is 714 g/mol. The van der Waals surface area contributed by atoms with Gasteiger partial charge in [-0.1, -0.05) is 146 Å². The third-order valence-corrected chi connectivity index (χ3v) is 11.3. The summed E-state index contributed by atoms with van der Waals surface area (Å²) in [6, 6.07) is 66.7. The average Bonchev–Trinajstić information content (AvgIpc) is 3.92. The molecule has 5 nitrogen and oxygen atoms in total. The van der Waals surface area contributed by atoms with Crippen LogP contribution in [0.5, 0.6) is 0 Å². The van der Waals surface area contributed by atoms with E-state index < -0.39 is 0 Å². The van der Waals surface area contributed by atoms with Crippen LogP contribution in [-0.4, -0.2) is 23.9 Å². The SMILES string of the molecule is c1ccc(-c2nc(-c3ccccc3)nc(-c3cccc(-n4c5ccccc5c5ccc(-c6ccc7c(c6)c6cccc8c9ccccc9n7c86)cc54)c3)n2)cc1. The largest absolute Gasteiger partial charge is 0.309 e. The Morgan fingerprint density at radius 3 is 1.52 bits per heavy atom. The molecular weight excluding hydrogens is 683 g/mol. The van der Waals surface area contributed by atoms with E-state index in [0.29, 0.717) is 17.5 Å². The Kier molecular flexibility index (Phi) is 6.56. The topological polar surface area (TPSA) is 48.0 Å². The van der Waals surface area contributed by atoms with Crippen LogP contribution in [0.3, 0.4) is 0 Å². The van der Waals surface area contributed by atoms with Gasteiger partial charge in [0.15, 0.2) is 17.5 Å². The van der Waals surface area contributed by atoms with E-state index in [2.05, 4.69) is 136 Å². The smallest absolute Gasteiger partial charge is 0.164 e. The normalized spacial score (nSPS) is 11.9. The lowest BCUT2D eigenvalue weighted by Crippen LogP contribution is -2.01. The van der Waals surface area contributed by atoms with Crippen molar-refractivity contribution in [1.82, 2.24) is 23.9 Å². The van der Waals surface area contributed by atoms with Gasteiger partial charge in [-0.25, -0.2) is 15.0 Å². The van der Waals surface area contributed by atoms with Gasteiger partial charge in [0, 0.05) is 54.7 Å². The van der Waals surface area contributed by atoms with E-state index >= 15 is 0 Å². The summed E-state index contributed by atoms with van der Waals surface area (Å²) in [4.78, 5) is 15.0. The summed E-state index contributed by atoms with van der Waals surface area (Å²) in [5.41, 5.74) is 12.3. The van der Waals surface area contributed by atoms with Crippen LogP contribution >= 0.6 is 0 Å². The van der Waals surface area contributed by atoms with E-state index in [4.69, 9.17) is 15.0 Å². The summed E-state index contributed by atoms with van der Waals surface area (Å²) in [5.74, 6) is 1.92. The fourth-order valence-corrected chi connectivity index (χ4v) is 8.76. The standard InChI is InChI=1S/C51H31N5/c1-3-13-32(14-4-1)49-52-50(33-15-5-2-6-16-33)54-51(53-49)36-17-11-18-37(29-36)55-44-23-9-7-19-38(44)40-27-25-35(31-47(40)55)34-26-28-46-43(30-34)42-22-12-21-41-39-20-8-10-24-45(39)56(46)48(41)42/h1-31H. The van der Waals surface area contributed by atoms with Crippen LogP contribution in [0.2, 0.25) is 0 Å². The molecule has 0 aliphatic rings. The van der Waals surface area contributed by atoms with E-state index in [0.717, 1.165) is 33.4 Å². The monoisotopic (exact) mass is 713 g/mol. The molecule has 0 atom stereocenters. The van der Waals surface area contributed by atoms with Gasteiger partial charge in [-0.05, 0) is 53.6 Å². The summed E-state index contributed by atoms with van der Waals surface area (Å²) in [5, 5.41) is 7.57. The van der Waals surface area contributed by atoms with E-state index in [1.165, 1.54) is 60.0 Å². The molecular formula is C51H31N5. The van der Waals surface area contributed by atoms with Gasteiger partial charge in [-0.15, -0.1) is 0 Å². The van der Waals surface area contributed by atoms with Crippen molar-refractivity contribution in [3.05, 3.63) is 188 Å². The Hall–Kier alpha value is -7.63. The number of nitrogens with zero attached hydrogens (tertiary/aromatic N) is 5. The molecule has 0 spiro atoms. The molecule has 0 saturated carbocycles. The predicted molar refractivity (Wildman–Crippen MR) is 231 cm³/mol. The molecule has 5 heteroatoms. The maximum atomic E-state index is 5.04. The first-order valence-corrected chi connectivity index (χ1v) is 19.0. The lowest BCUT2D eigenvalue weighted by atomic mass is 10.0. The number of hydrogen-bond donors (Lipinski definition) is 0. The number of para-hydroxylation sites is 3. The van der Waals surface area contributed by atoms with E-state index in [-0.39, 0.29) is 0 Å². The molecule has 4 heterocycles. The van der Waals surface area contributed by atoms with Crippen LogP contribution < -0.4 is 0 Å². The quantitative estimate of drug-likeness (QED) is 0.178. The maximum absolute atomic E-state index is 5.04. The van der Waals surface area contributed by atoms with Crippen molar-refractivity contribution in [2.75, 3.05) is 0 Å². The molecule has 8 aromatic carbocycles. The number of fused-ring (bicyclic) bond motifs is 9. The lowest BCUT2D eigenvalue weighted by molar-refractivity contribution is 1.07. The van der Waals surface area contributed by atoms with Crippen molar-refractivity contribution in [3.63, 3.8) is 0 Å². The fraction of sp³-hybridized carbons (Fsp3) is 0. The van der Waals surface area contributed by atoms with Crippen molar-refractivity contribution in [2.24, 2.45) is 0 Å². The summed E-state index contributed by atoms with van der Waals surface area (Å²) in [6.07, 6.45) is 0. The van der Waals surface area contributed by atoms with Crippen LogP contribution in [0, 0.1) is 0 Å². The second-order valence-electron chi connectivity index (χ2n) is 14.5. The van der Waals surface area contributed by atoms with E-state index in [9.17, 15) is 0 Å². The minimum absolute atomic E-state index is 0.632. The third-order valence-electron chi connectivity index (χ3n) is 11.3. The van der Waals surface area contributed by atoms with Crippen molar-refractivity contribution in [2.45, 2.75) is 0 Å². The molecule has 12 rings (SSSR count). The maximum Gasteiger partial charge on any atom is 0.164 e. The molecule has 0 aliphatic carbocycles. The lowest BCUT2D eigenvalue weighted by Gasteiger charge is -2.12. The van der Waals surface area contributed by atoms with E-state index in [1.807, 2.05) is 60.7 Å². The molecule has 0 fully saturated rings. The highest BCUT2D eigenvalue weighted by atomic mass is 15.0. The van der Waals surface area contributed by atoms with Crippen LogP contribution in [0.4, 0.5) is 0 Å². The first-order chi connectivity index (χ1) is 27.8. The molecule has 0 aliphatic heterocycles. The Morgan fingerprint density at radius 2 is 0.786 bits per heavy atom. The van der Waals surface area contributed by atoms with Gasteiger partial charge >= 0.3 is 0 Å². The summed E-state index contributed by atoms with van der Waals surface area (Å²) < 4.78 is 4.81. The molecule has 0 saturated heterocycles. The number of aromatic nitrogens is 5.